The predicted octanol–water partition coefficient (Wildman–Crippen LogP) is 4.55. The SMILES string of the molecule is Cl.N[C@@H](Cc1cc(F)cc(F)c1)c1nc(Br)ccc1Br. The number of rotatable bonds is 3. The van der Waals surface area contributed by atoms with Crippen LogP contribution in [0.5, 0.6) is 0 Å². The minimum absolute atomic E-state index is 0. The number of benzene rings is 1. The lowest BCUT2D eigenvalue weighted by Crippen LogP contribution is -2.16. The number of pyridine rings is 1. The van der Waals surface area contributed by atoms with Gasteiger partial charge in [0.1, 0.15) is 16.2 Å². The summed E-state index contributed by atoms with van der Waals surface area (Å²) in [7, 11) is 0. The highest BCUT2D eigenvalue weighted by molar-refractivity contribution is 9.11. The highest BCUT2D eigenvalue weighted by Crippen LogP contribution is 2.25. The second-order valence-electron chi connectivity index (χ2n) is 4.09. The fourth-order valence-corrected chi connectivity index (χ4v) is 2.61. The molecule has 20 heavy (non-hydrogen) atoms. The lowest BCUT2D eigenvalue weighted by Gasteiger charge is -2.13. The van der Waals surface area contributed by atoms with Gasteiger partial charge in [-0.05, 0) is 68.1 Å². The molecule has 1 heterocycles. The third-order valence-corrected chi connectivity index (χ3v) is 3.68. The van der Waals surface area contributed by atoms with Crippen molar-refractivity contribution in [1.29, 1.82) is 0 Å². The first-order valence-electron chi connectivity index (χ1n) is 5.48. The number of halogens is 5. The number of aromatic nitrogens is 1. The summed E-state index contributed by atoms with van der Waals surface area (Å²) in [6.45, 7) is 0. The van der Waals surface area contributed by atoms with E-state index in [1.165, 1.54) is 12.1 Å². The minimum Gasteiger partial charge on any atom is -0.322 e. The van der Waals surface area contributed by atoms with Gasteiger partial charge in [0.05, 0.1) is 11.7 Å². The number of hydrogen-bond acceptors (Lipinski definition) is 2. The molecule has 2 N–H and O–H groups in total. The van der Waals surface area contributed by atoms with E-state index in [9.17, 15) is 8.78 Å². The van der Waals surface area contributed by atoms with Crippen LogP contribution in [0.25, 0.3) is 0 Å². The lowest BCUT2D eigenvalue weighted by atomic mass is 10.0. The summed E-state index contributed by atoms with van der Waals surface area (Å²) in [5.41, 5.74) is 7.18. The molecule has 0 fully saturated rings. The monoisotopic (exact) mass is 426 g/mol. The van der Waals surface area contributed by atoms with Gasteiger partial charge >= 0.3 is 0 Å². The zero-order valence-electron chi connectivity index (χ0n) is 10.1. The zero-order valence-corrected chi connectivity index (χ0v) is 14.1. The summed E-state index contributed by atoms with van der Waals surface area (Å²) < 4.78 is 27.6. The van der Waals surface area contributed by atoms with Crippen molar-refractivity contribution in [3.05, 3.63) is 62.3 Å². The summed E-state index contributed by atoms with van der Waals surface area (Å²) in [5.74, 6) is -1.22. The fraction of sp³-hybridized carbons (Fsp3) is 0.154. The first-order chi connectivity index (χ1) is 8.95. The topological polar surface area (TPSA) is 38.9 Å². The van der Waals surface area contributed by atoms with E-state index in [1.807, 2.05) is 6.07 Å². The maximum atomic E-state index is 13.1. The molecule has 0 spiro atoms. The molecule has 7 heteroatoms. The van der Waals surface area contributed by atoms with E-state index in [0.717, 1.165) is 10.5 Å². The number of nitrogens with zero attached hydrogens (tertiary/aromatic N) is 1. The first kappa shape index (κ1) is 17.5. The second-order valence-corrected chi connectivity index (χ2v) is 5.76. The molecule has 0 amide bonds. The highest BCUT2D eigenvalue weighted by atomic mass is 79.9. The van der Waals surface area contributed by atoms with Crippen LogP contribution in [0, 0.1) is 11.6 Å². The maximum Gasteiger partial charge on any atom is 0.126 e. The molecule has 2 rings (SSSR count). The number of nitrogens with two attached hydrogens (primary N) is 1. The molecule has 0 bridgehead atoms. The van der Waals surface area contributed by atoms with Crippen LogP contribution in [-0.4, -0.2) is 4.98 Å². The van der Waals surface area contributed by atoms with Crippen molar-refractivity contribution in [2.75, 3.05) is 0 Å². The van der Waals surface area contributed by atoms with Crippen LogP contribution in [0.1, 0.15) is 17.3 Å². The van der Waals surface area contributed by atoms with Crippen molar-refractivity contribution in [2.24, 2.45) is 5.73 Å². The van der Waals surface area contributed by atoms with E-state index in [0.29, 0.717) is 22.3 Å². The summed E-state index contributed by atoms with van der Waals surface area (Å²) in [6.07, 6.45) is 0.302. The standard InChI is InChI=1S/C13H10Br2F2N2.ClH/c14-10-1-2-12(15)19-13(10)11(18)5-7-3-8(16)6-9(17)4-7;/h1-4,6,11H,5,18H2;1H/t11-;/m0./s1. The van der Waals surface area contributed by atoms with E-state index in [2.05, 4.69) is 36.8 Å². The Morgan fingerprint density at radius 1 is 1.10 bits per heavy atom. The average molecular weight is 429 g/mol. The molecule has 1 aromatic heterocycles. The van der Waals surface area contributed by atoms with E-state index in [-0.39, 0.29) is 12.4 Å². The molecular weight excluding hydrogens is 417 g/mol. The molecule has 2 aromatic rings. The lowest BCUT2D eigenvalue weighted by molar-refractivity contribution is 0.575. The van der Waals surface area contributed by atoms with Gasteiger partial charge in [0, 0.05) is 10.5 Å². The fourth-order valence-electron chi connectivity index (χ4n) is 1.77. The highest BCUT2D eigenvalue weighted by Gasteiger charge is 2.14. The van der Waals surface area contributed by atoms with Gasteiger partial charge in [-0.1, -0.05) is 0 Å². The maximum absolute atomic E-state index is 13.1. The van der Waals surface area contributed by atoms with Gasteiger partial charge in [-0.2, -0.15) is 0 Å². The molecule has 0 unspecified atom stereocenters. The van der Waals surface area contributed by atoms with Gasteiger partial charge in [0.15, 0.2) is 0 Å². The second kappa shape index (κ2) is 7.45. The van der Waals surface area contributed by atoms with Crippen molar-refractivity contribution in [3.8, 4) is 0 Å². The molecule has 2 nitrogen and oxygen atoms in total. The Morgan fingerprint density at radius 3 is 2.30 bits per heavy atom. The van der Waals surface area contributed by atoms with Crippen LogP contribution >= 0.6 is 44.3 Å². The summed E-state index contributed by atoms with van der Waals surface area (Å²) in [6, 6.07) is 6.53. The van der Waals surface area contributed by atoms with E-state index in [1.54, 1.807) is 6.07 Å². The average Bonchev–Trinajstić information content (AvgIpc) is 2.30. The van der Waals surface area contributed by atoms with Crippen molar-refractivity contribution in [2.45, 2.75) is 12.5 Å². The van der Waals surface area contributed by atoms with Crippen molar-refractivity contribution in [3.63, 3.8) is 0 Å². The molecule has 1 aromatic carbocycles. The third-order valence-electron chi connectivity index (χ3n) is 2.57. The van der Waals surface area contributed by atoms with Crippen LogP contribution in [-0.2, 0) is 6.42 Å². The Labute approximate surface area is 138 Å². The Balaban J connectivity index is 0.00000200. The van der Waals surface area contributed by atoms with E-state index < -0.39 is 17.7 Å². The normalized spacial score (nSPS) is 11.8. The molecule has 1 atom stereocenters. The van der Waals surface area contributed by atoms with E-state index >= 15 is 0 Å². The zero-order chi connectivity index (χ0) is 14.0. The molecule has 0 radical (unpaired) electrons. The van der Waals surface area contributed by atoms with Crippen LogP contribution in [0.4, 0.5) is 8.78 Å². The van der Waals surface area contributed by atoms with Crippen LogP contribution in [0.15, 0.2) is 39.4 Å². The Kier molecular flexibility index (Phi) is 6.51. The predicted molar refractivity (Wildman–Crippen MR) is 83.9 cm³/mol. The van der Waals surface area contributed by atoms with Gasteiger partial charge in [-0.25, -0.2) is 13.8 Å². The molecule has 0 aliphatic rings. The van der Waals surface area contributed by atoms with Crippen LogP contribution < -0.4 is 5.73 Å². The molecule has 0 aliphatic heterocycles. The molecule has 0 aliphatic carbocycles. The van der Waals surface area contributed by atoms with E-state index in [4.69, 9.17) is 5.73 Å². The van der Waals surface area contributed by atoms with Gasteiger partial charge in [-0.15, -0.1) is 12.4 Å². The third kappa shape index (κ3) is 4.48. The quantitative estimate of drug-likeness (QED) is 0.729. The largest absolute Gasteiger partial charge is 0.322 e. The first-order valence-corrected chi connectivity index (χ1v) is 7.07. The summed E-state index contributed by atoms with van der Waals surface area (Å²) in [4.78, 5) is 4.27. The van der Waals surface area contributed by atoms with Crippen molar-refractivity contribution >= 4 is 44.3 Å². The number of hydrogen-bond donors (Lipinski definition) is 1. The Morgan fingerprint density at radius 2 is 1.70 bits per heavy atom. The van der Waals surface area contributed by atoms with Crippen LogP contribution in [0.2, 0.25) is 0 Å². The molecule has 0 saturated carbocycles. The molecule has 0 saturated heterocycles. The Bertz CT molecular complexity index is 591. The minimum atomic E-state index is -0.608. The van der Waals surface area contributed by atoms with Crippen molar-refractivity contribution < 1.29 is 8.78 Å². The summed E-state index contributed by atoms with van der Waals surface area (Å²) >= 11 is 6.63. The Hall–Kier alpha value is -0.560. The molecule has 108 valence electrons. The van der Waals surface area contributed by atoms with Crippen molar-refractivity contribution in [1.82, 2.24) is 4.98 Å². The van der Waals surface area contributed by atoms with Crippen LogP contribution in [0.3, 0.4) is 0 Å². The smallest absolute Gasteiger partial charge is 0.126 e. The van der Waals surface area contributed by atoms with Gasteiger partial charge in [0.25, 0.3) is 0 Å². The van der Waals surface area contributed by atoms with Gasteiger partial charge < -0.3 is 5.73 Å². The van der Waals surface area contributed by atoms with Gasteiger partial charge in [0.2, 0.25) is 0 Å². The van der Waals surface area contributed by atoms with Gasteiger partial charge in [-0.3, -0.25) is 0 Å². The molecular formula is C13H11Br2ClF2N2. The summed E-state index contributed by atoms with van der Waals surface area (Å²) in [5, 5.41) is 0.